The van der Waals surface area contributed by atoms with Crippen LogP contribution < -0.4 is 10.6 Å². The first-order valence-electron chi connectivity index (χ1n) is 20.4. The standard InChI is InChI=1S/C40H69N3O6/c1-24-32-20-29(40(32,3)4)21-33(24)42-39(47)37-36(25(2)45)34(23-44)49-43(37)22-28-14-10-16-31(38(28)48-5)27-13-9-15-30(19-27)41-35(46)18-17-26-11-7-6-8-12-26/h24-34,36-38,44-45H,6-23H2,1-5H3,(H,41,46)(H,42,47)/t24-,25-,27?,28?,29+,30?,31?,32-,33?,34-,36-,37-,38?/m0/s1. The van der Waals surface area contributed by atoms with E-state index in [9.17, 15) is 19.8 Å². The molecule has 4 N–H and O–H groups in total. The van der Waals surface area contributed by atoms with E-state index in [0.29, 0.717) is 48.0 Å². The second kappa shape index (κ2) is 16.2. The molecule has 7 fully saturated rings. The number of rotatable bonds is 12. The lowest BCUT2D eigenvalue weighted by Gasteiger charge is -2.62. The number of carbonyl (C=O) groups excluding carboxylic acids is 2. The van der Waals surface area contributed by atoms with Gasteiger partial charge in [0.1, 0.15) is 12.1 Å². The highest BCUT2D eigenvalue weighted by atomic mass is 16.7. The van der Waals surface area contributed by atoms with E-state index in [1.807, 2.05) is 7.11 Å². The van der Waals surface area contributed by atoms with Crippen molar-refractivity contribution in [2.24, 2.45) is 52.8 Å². The van der Waals surface area contributed by atoms with E-state index in [4.69, 9.17) is 9.57 Å². The zero-order valence-electron chi connectivity index (χ0n) is 31.3. The average Bonchev–Trinajstić information content (AvgIpc) is 3.47. The number of hydroxylamine groups is 2. The number of nitrogens with one attached hydrogen (secondary N) is 2. The molecule has 13 atom stereocenters. The predicted octanol–water partition coefficient (Wildman–Crippen LogP) is 5.61. The van der Waals surface area contributed by atoms with Crippen LogP contribution in [0.4, 0.5) is 0 Å². The summed E-state index contributed by atoms with van der Waals surface area (Å²) in [5.41, 5.74) is 0.332. The van der Waals surface area contributed by atoms with Gasteiger partial charge in [0.25, 0.3) is 0 Å². The first-order valence-corrected chi connectivity index (χ1v) is 20.4. The largest absolute Gasteiger partial charge is 0.394 e. The Morgan fingerprint density at radius 2 is 1.73 bits per heavy atom. The maximum atomic E-state index is 14.2. The summed E-state index contributed by atoms with van der Waals surface area (Å²) < 4.78 is 6.33. The molecule has 49 heavy (non-hydrogen) atoms. The fraction of sp³-hybridized carbons (Fsp3) is 0.950. The number of aliphatic hydroxyl groups is 2. The van der Waals surface area contributed by atoms with Crippen LogP contribution in [0.15, 0.2) is 0 Å². The lowest BCUT2D eigenvalue weighted by molar-refractivity contribution is -0.193. The SMILES string of the molecule is COC1C(CN2O[C@@H](CO)[C@H]([C@H](C)O)[C@H]2C(=O)NC2C[C@H]3C[C@@H]([C@@H]2C)C3(C)C)CCCC1C1CCCC(NC(=O)CCC2CCCCC2)C1. The number of fused-ring (bicyclic) bond motifs is 2. The Kier molecular flexibility index (Phi) is 12.4. The van der Waals surface area contributed by atoms with Crippen LogP contribution in [0.3, 0.4) is 0 Å². The third-order valence-corrected chi connectivity index (χ3v) is 14.9. The molecule has 7 aliphatic rings. The summed E-state index contributed by atoms with van der Waals surface area (Å²) in [4.78, 5) is 33.5. The molecule has 7 rings (SSSR count). The van der Waals surface area contributed by atoms with Crippen molar-refractivity contribution in [2.75, 3.05) is 20.3 Å². The first-order chi connectivity index (χ1) is 23.5. The number of amides is 2. The van der Waals surface area contributed by atoms with Gasteiger partial charge < -0.3 is 25.6 Å². The number of hydrogen-bond acceptors (Lipinski definition) is 7. The summed E-state index contributed by atoms with van der Waals surface area (Å²) in [6, 6.07) is -0.315. The van der Waals surface area contributed by atoms with Crippen LogP contribution in [0.25, 0.3) is 0 Å². The number of hydrogen-bond donors (Lipinski definition) is 4. The lowest BCUT2D eigenvalue weighted by Crippen LogP contribution is -2.62. The molecule has 9 nitrogen and oxygen atoms in total. The monoisotopic (exact) mass is 688 g/mol. The third kappa shape index (κ3) is 8.06. The van der Waals surface area contributed by atoms with Crippen molar-refractivity contribution in [3.8, 4) is 0 Å². The van der Waals surface area contributed by atoms with Crippen LogP contribution >= 0.6 is 0 Å². The molecule has 6 saturated carbocycles. The summed E-state index contributed by atoms with van der Waals surface area (Å²) in [6.45, 7) is 9.01. The Morgan fingerprint density at radius 1 is 0.980 bits per heavy atom. The second-order valence-electron chi connectivity index (χ2n) is 18.0. The minimum atomic E-state index is -0.802. The Labute approximate surface area is 296 Å². The van der Waals surface area contributed by atoms with Crippen molar-refractivity contribution in [3.63, 3.8) is 0 Å². The molecule has 1 heterocycles. The summed E-state index contributed by atoms with van der Waals surface area (Å²) in [5.74, 6) is 3.03. The van der Waals surface area contributed by atoms with Crippen molar-refractivity contribution in [1.82, 2.24) is 15.7 Å². The van der Waals surface area contributed by atoms with E-state index < -0.39 is 24.2 Å². The molecule has 1 aliphatic heterocycles. The van der Waals surface area contributed by atoms with Gasteiger partial charge in [0, 0.05) is 44.0 Å². The fourth-order valence-electron chi connectivity index (χ4n) is 12.0. The van der Waals surface area contributed by atoms with Gasteiger partial charge >= 0.3 is 0 Å². The highest BCUT2D eigenvalue weighted by Crippen LogP contribution is 2.61. The molecule has 280 valence electrons. The van der Waals surface area contributed by atoms with Gasteiger partial charge in [-0.25, -0.2) is 0 Å². The van der Waals surface area contributed by atoms with Crippen molar-refractivity contribution < 1.29 is 29.4 Å². The smallest absolute Gasteiger partial charge is 0.240 e. The Balaban J connectivity index is 1.09. The number of aliphatic hydroxyl groups excluding tert-OH is 2. The topological polar surface area (TPSA) is 120 Å². The van der Waals surface area contributed by atoms with Crippen molar-refractivity contribution >= 4 is 11.8 Å². The Morgan fingerprint density at radius 3 is 2.41 bits per heavy atom. The molecule has 2 bridgehead atoms. The molecule has 6 unspecified atom stereocenters. The zero-order chi connectivity index (χ0) is 34.9. The zero-order valence-corrected chi connectivity index (χ0v) is 31.3. The highest BCUT2D eigenvalue weighted by molar-refractivity contribution is 5.83. The van der Waals surface area contributed by atoms with Gasteiger partial charge in [-0.15, -0.1) is 0 Å². The molecule has 0 aromatic rings. The summed E-state index contributed by atoms with van der Waals surface area (Å²) >= 11 is 0. The number of carbonyl (C=O) groups is 2. The maximum Gasteiger partial charge on any atom is 0.240 e. The predicted molar refractivity (Wildman–Crippen MR) is 190 cm³/mol. The Bertz CT molecular complexity index is 1110. The van der Waals surface area contributed by atoms with Crippen LogP contribution in [0.1, 0.15) is 130 Å². The second-order valence-corrected chi connectivity index (χ2v) is 18.0. The Hall–Kier alpha value is -1.26. The van der Waals surface area contributed by atoms with Crippen LogP contribution in [0, 0.1) is 52.8 Å². The molecular weight excluding hydrogens is 618 g/mol. The summed E-state index contributed by atoms with van der Waals surface area (Å²) in [5, 5.41) is 29.9. The van der Waals surface area contributed by atoms with Gasteiger partial charge in [-0.05, 0) is 99.2 Å². The summed E-state index contributed by atoms with van der Waals surface area (Å²) in [7, 11) is 1.82. The maximum absolute atomic E-state index is 14.2. The van der Waals surface area contributed by atoms with E-state index in [1.165, 1.54) is 38.5 Å². The first kappa shape index (κ1) is 37.5. The van der Waals surface area contributed by atoms with Gasteiger partial charge in [0.05, 0.1) is 18.8 Å². The average molecular weight is 688 g/mol. The van der Waals surface area contributed by atoms with Gasteiger partial charge in [0.2, 0.25) is 11.8 Å². The van der Waals surface area contributed by atoms with Gasteiger partial charge in [-0.2, -0.15) is 5.06 Å². The van der Waals surface area contributed by atoms with Crippen LogP contribution in [-0.2, 0) is 19.2 Å². The van der Waals surface area contributed by atoms with E-state index >= 15 is 0 Å². The van der Waals surface area contributed by atoms with E-state index in [2.05, 4.69) is 31.4 Å². The van der Waals surface area contributed by atoms with Crippen LogP contribution in [0.2, 0.25) is 0 Å². The van der Waals surface area contributed by atoms with Crippen molar-refractivity contribution in [1.29, 1.82) is 0 Å². The van der Waals surface area contributed by atoms with Crippen LogP contribution in [-0.4, -0.2) is 83.8 Å². The van der Waals surface area contributed by atoms with Crippen molar-refractivity contribution in [2.45, 2.75) is 167 Å². The van der Waals surface area contributed by atoms with Crippen molar-refractivity contribution in [3.05, 3.63) is 0 Å². The molecule has 2 amide bonds. The van der Waals surface area contributed by atoms with E-state index in [-0.39, 0.29) is 42.5 Å². The normalized spacial score (nSPS) is 41.9. The fourth-order valence-corrected chi connectivity index (χ4v) is 12.0. The molecule has 1 saturated heterocycles. The quantitative estimate of drug-likeness (QED) is 0.211. The number of nitrogens with zero attached hydrogens (tertiary/aromatic N) is 1. The van der Waals surface area contributed by atoms with E-state index in [1.54, 1.807) is 12.0 Å². The number of ether oxygens (including phenoxy) is 1. The molecule has 0 aromatic carbocycles. The van der Waals surface area contributed by atoms with E-state index in [0.717, 1.165) is 63.7 Å². The molecule has 6 aliphatic carbocycles. The highest BCUT2D eigenvalue weighted by Gasteiger charge is 2.57. The minimum absolute atomic E-state index is 0.0256. The van der Waals surface area contributed by atoms with Gasteiger partial charge in [-0.3, -0.25) is 14.4 Å². The summed E-state index contributed by atoms with van der Waals surface area (Å²) in [6.07, 6.45) is 16.6. The minimum Gasteiger partial charge on any atom is -0.394 e. The molecule has 0 radical (unpaired) electrons. The van der Waals surface area contributed by atoms with Crippen LogP contribution in [0.5, 0.6) is 0 Å². The molecule has 0 aromatic heterocycles. The van der Waals surface area contributed by atoms with Gasteiger partial charge in [0.15, 0.2) is 0 Å². The number of methoxy groups -OCH3 is 1. The molecule has 0 spiro atoms. The lowest BCUT2D eigenvalue weighted by atomic mass is 9.45. The molecule has 9 heteroatoms. The third-order valence-electron chi connectivity index (χ3n) is 14.9. The van der Waals surface area contributed by atoms with Gasteiger partial charge in [-0.1, -0.05) is 65.7 Å². The molecular formula is C40H69N3O6.